The van der Waals surface area contributed by atoms with Gasteiger partial charge in [-0.15, -0.1) is 11.3 Å². The zero-order chi connectivity index (χ0) is 22.5. The Morgan fingerprint density at radius 3 is 2.76 bits per heavy atom. The van der Waals surface area contributed by atoms with Crippen LogP contribution in [0.3, 0.4) is 0 Å². The molecule has 2 aromatic rings. The van der Waals surface area contributed by atoms with Crippen LogP contribution in [-0.2, 0) is 32.8 Å². The first-order valence-corrected chi connectivity index (χ1v) is 12.5. The van der Waals surface area contributed by atoms with Gasteiger partial charge in [0.25, 0.3) is 0 Å². The third kappa shape index (κ3) is 2.15. The lowest BCUT2D eigenvalue weighted by Gasteiger charge is -2.36. The average molecular weight is 459 g/mol. The van der Waals surface area contributed by atoms with E-state index >= 15 is 0 Å². The van der Waals surface area contributed by atoms with Gasteiger partial charge in [-0.1, -0.05) is 18.2 Å². The highest BCUT2D eigenvalue weighted by Gasteiger charge is 2.74. The number of benzene rings is 1. The molecule has 5 aliphatic rings. The number of hydrogen-bond acceptors (Lipinski definition) is 6. The Morgan fingerprint density at radius 2 is 1.91 bits per heavy atom. The van der Waals surface area contributed by atoms with Crippen LogP contribution in [0, 0.1) is 23.2 Å². The molecule has 7 nitrogen and oxygen atoms in total. The minimum absolute atomic E-state index is 0.145. The average Bonchev–Trinajstić information content (AvgIpc) is 3.58. The third-order valence-electron chi connectivity index (χ3n) is 8.37. The molecule has 4 atom stereocenters. The van der Waals surface area contributed by atoms with Crippen molar-refractivity contribution in [3.05, 3.63) is 45.8 Å². The molecule has 1 aromatic heterocycles. The van der Waals surface area contributed by atoms with Gasteiger partial charge >= 0.3 is 0 Å². The Morgan fingerprint density at radius 1 is 1.09 bits per heavy atom. The van der Waals surface area contributed by atoms with E-state index in [0.29, 0.717) is 17.1 Å². The van der Waals surface area contributed by atoms with Crippen molar-refractivity contribution in [1.29, 1.82) is 5.26 Å². The van der Waals surface area contributed by atoms with E-state index in [4.69, 9.17) is 0 Å². The van der Waals surface area contributed by atoms with Crippen LogP contribution in [0.1, 0.15) is 47.3 Å². The number of thiophene rings is 1. The summed E-state index contributed by atoms with van der Waals surface area (Å²) in [5.74, 6) is -2.13. The zero-order valence-electron chi connectivity index (χ0n) is 18.0. The molecule has 33 heavy (non-hydrogen) atoms. The van der Waals surface area contributed by atoms with E-state index in [1.165, 1.54) is 16.2 Å². The molecule has 1 spiro atoms. The summed E-state index contributed by atoms with van der Waals surface area (Å²) in [5, 5.41) is 13.4. The van der Waals surface area contributed by atoms with Gasteiger partial charge in [0.05, 0.1) is 17.4 Å². The van der Waals surface area contributed by atoms with Crippen LogP contribution in [-0.4, -0.2) is 35.2 Å². The van der Waals surface area contributed by atoms with E-state index in [9.17, 15) is 19.6 Å². The number of fused-ring (bicyclic) bond motifs is 8. The molecule has 1 aromatic carbocycles. The van der Waals surface area contributed by atoms with E-state index in [-0.39, 0.29) is 23.8 Å². The second-order valence-electron chi connectivity index (χ2n) is 9.69. The molecule has 0 unspecified atom stereocenters. The van der Waals surface area contributed by atoms with Crippen LogP contribution in [0.2, 0.25) is 0 Å². The van der Waals surface area contributed by atoms with Gasteiger partial charge in [-0.25, -0.2) is 4.90 Å². The van der Waals surface area contributed by atoms with E-state index in [2.05, 4.69) is 16.3 Å². The van der Waals surface area contributed by atoms with Crippen molar-refractivity contribution >= 4 is 39.7 Å². The Bertz CT molecular complexity index is 1310. The molecule has 0 radical (unpaired) electrons. The summed E-state index contributed by atoms with van der Waals surface area (Å²) in [6.07, 6.45) is 5.45. The Labute approximate surface area is 195 Å². The van der Waals surface area contributed by atoms with E-state index in [0.717, 1.165) is 60.2 Å². The Hall–Kier alpha value is -3.02. The van der Waals surface area contributed by atoms with Crippen molar-refractivity contribution in [2.75, 3.05) is 16.8 Å². The van der Waals surface area contributed by atoms with Gasteiger partial charge in [0.15, 0.2) is 0 Å². The number of nitrogens with one attached hydrogen (secondary N) is 1. The van der Waals surface area contributed by atoms with Crippen molar-refractivity contribution < 1.29 is 14.4 Å². The summed E-state index contributed by atoms with van der Waals surface area (Å²) in [4.78, 5) is 46.2. The van der Waals surface area contributed by atoms with Crippen LogP contribution in [0.4, 0.5) is 10.7 Å². The minimum atomic E-state index is -1.16. The number of amides is 3. The maximum absolute atomic E-state index is 14.1. The highest BCUT2D eigenvalue weighted by molar-refractivity contribution is 7.17. The molecular formula is C25H22N4O3S. The molecule has 4 aliphatic heterocycles. The first-order chi connectivity index (χ1) is 16.1. The second-order valence-corrected chi connectivity index (χ2v) is 10.8. The lowest BCUT2D eigenvalue weighted by atomic mass is 9.75. The summed E-state index contributed by atoms with van der Waals surface area (Å²) in [6.45, 7) is 0.691. The topological polar surface area (TPSA) is 93.5 Å². The summed E-state index contributed by atoms with van der Waals surface area (Å²) < 4.78 is 0. The van der Waals surface area contributed by atoms with Crippen LogP contribution in [0.25, 0.3) is 0 Å². The number of carbonyl (C=O) groups excluding carboxylic acids is 3. The summed E-state index contributed by atoms with van der Waals surface area (Å²) >= 11 is 1.42. The SMILES string of the molecule is N#Cc1c(N2C(=O)[C@H]3[C@@H](C2=O)[C@]2(C(=O)Nc4ccccc42)N2CCC[C@@H]32)sc2c1CCCC2. The standard InChI is InChI=1S/C25H22N4O3S/c26-12-14-13-6-1-4-10-18(13)33-23(14)29-21(30)19-17-9-5-11-28(17)25(20(19)22(29)31)15-7-2-3-8-16(15)27-24(25)32/h2-3,7-8,17,19-20H,1,4-6,9-11H2,(H,27,32)/t17-,19+,20-,25+/m0/s1. The van der Waals surface area contributed by atoms with Crippen LogP contribution >= 0.6 is 11.3 Å². The number of carbonyl (C=O) groups is 3. The maximum Gasteiger partial charge on any atom is 0.250 e. The lowest BCUT2D eigenvalue weighted by Crippen LogP contribution is -2.54. The van der Waals surface area contributed by atoms with Crippen LogP contribution in [0.5, 0.6) is 0 Å². The number of nitrogens with zero attached hydrogens (tertiary/aromatic N) is 3. The van der Waals surface area contributed by atoms with Crippen molar-refractivity contribution in [3.8, 4) is 6.07 Å². The fraction of sp³-hybridized carbons (Fsp3) is 0.440. The predicted molar refractivity (Wildman–Crippen MR) is 122 cm³/mol. The molecule has 7 rings (SSSR count). The van der Waals surface area contributed by atoms with Gasteiger partial charge in [0.1, 0.15) is 16.6 Å². The molecule has 166 valence electrons. The van der Waals surface area contributed by atoms with Crippen LogP contribution < -0.4 is 10.2 Å². The largest absolute Gasteiger partial charge is 0.324 e. The molecule has 3 amide bonds. The van der Waals surface area contributed by atoms with Gasteiger partial charge in [-0.3, -0.25) is 19.3 Å². The van der Waals surface area contributed by atoms with Crippen LogP contribution in [0.15, 0.2) is 24.3 Å². The molecule has 3 saturated heterocycles. The van der Waals surface area contributed by atoms with Gasteiger partial charge in [0.2, 0.25) is 17.7 Å². The molecular weight excluding hydrogens is 436 g/mol. The first-order valence-electron chi connectivity index (χ1n) is 11.7. The molecule has 8 heteroatoms. The first kappa shape index (κ1) is 19.4. The maximum atomic E-state index is 14.1. The fourth-order valence-corrected chi connectivity index (χ4v) is 8.53. The van der Waals surface area contributed by atoms with E-state index in [1.54, 1.807) is 0 Å². The smallest absolute Gasteiger partial charge is 0.250 e. The summed E-state index contributed by atoms with van der Waals surface area (Å²) in [6, 6.07) is 9.68. The van der Waals surface area contributed by atoms with Crippen molar-refractivity contribution in [2.45, 2.75) is 50.1 Å². The number of nitriles is 1. The van der Waals surface area contributed by atoms with Gasteiger partial charge < -0.3 is 5.32 Å². The van der Waals surface area contributed by atoms with Crippen molar-refractivity contribution in [3.63, 3.8) is 0 Å². The number of rotatable bonds is 1. The van der Waals surface area contributed by atoms with Gasteiger partial charge in [-0.05, 0) is 56.7 Å². The predicted octanol–water partition coefficient (Wildman–Crippen LogP) is 2.93. The minimum Gasteiger partial charge on any atom is -0.324 e. The Kier molecular flexibility index (Phi) is 3.84. The number of aryl methyl sites for hydroxylation is 1. The normalized spacial score (nSPS) is 32.0. The number of imide groups is 1. The molecule has 5 heterocycles. The molecule has 1 N–H and O–H groups in total. The number of hydrogen-bond donors (Lipinski definition) is 1. The van der Waals surface area contributed by atoms with E-state index in [1.807, 2.05) is 24.3 Å². The van der Waals surface area contributed by atoms with E-state index < -0.39 is 17.4 Å². The number of anilines is 2. The fourth-order valence-electron chi connectivity index (χ4n) is 7.18. The van der Waals surface area contributed by atoms with Gasteiger partial charge in [0, 0.05) is 22.2 Å². The third-order valence-corrected chi connectivity index (χ3v) is 9.64. The van der Waals surface area contributed by atoms with Crippen molar-refractivity contribution in [1.82, 2.24) is 4.90 Å². The molecule has 0 bridgehead atoms. The Balaban J connectivity index is 1.42. The molecule has 3 fully saturated rings. The summed E-state index contributed by atoms with van der Waals surface area (Å²) in [5.41, 5.74) is 1.83. The highest BCUT2D eigenvalue weighted by Crippen LogP contribution is 2.61. The zero-order valence-corrected chi connectivity index (χ0v) is 18.8. The lowest BCUT2D eigenvalue weighted by molar-refractivity contribution is -0.135. The molecule has 0 saturated carbocycles. The second kappa shape index (κ2) is 6.52. The monoisotopic (exact) mass is 458 g/mol. The highest BCUT2D eigenvalue weighted by atomic mass is 32.1. The quantitative estimate of drug-likeness (QED) is 0.664. The summed E-state index contributed by atoms with van der Waals surface area (Å²) in [7, 11) is 0. The van der Waals surface area contributed by atoms with Gasteiger partial charge in [-0.2, -0.15) is 5.26 Å². The van der Waals surface area contributed by atoms with Crippen molar-refractivity contribution in [2.24, 2.45) is 11.8 Å². The molecule has 1 aliphatic carbocycles. The number of para-hydroxylation sites is 1.